The number of aromatic nitrogens is 2. The van der Waals surface area contributed by atoms with Crippen LogP contribution in [0, 0.1) is 0 Å². The van der Waals surface area contributed by atoms with Crippen LogP contribution >= 0.6 is 0 Å². The minimum atomic E-state index is -4.64. The van der Waals surface area contributed by atoms with Crippen LogP contribution in [-0.2, 0) is 6.18 Å². The summed E-state index contributed by atoms with van der Waals surface area (Å²) in [5, 5.41) is 5.70. The van der Waals surface area contributed by atoms with Gasteiger partial charge in [0.2, 0.25) is 5.95 Å². The molecule has 2 N–H and O–H groups in total. The predicted octanol–water partition coefficient (Wildman–Crippen LogP) is 6.95. The van der Waals surface area contributed by atoms with Gasteiger partial charge in [0, 0.05) is 11.9 Å². The number of rotatable bonds is 7. The molecule has 0 spiro atoms. The molecule has 1 heterocycles. The summed E-state index contributed by atoms with van der Waals surface area (Å²) in [6.07, 6.45) is -3.86. The molecule has 0 radical (unpaired) electrons. The Morgan fingerprint density at radius 1 is 0.909 bits per heavy atom. The Balaban J connectivity index is 1.91. The van der Waals surface area contributed by atoms with E-state index in [1.165, 1.54) is 0 Å². The molecule has 3 aromatic rings. The largest absolute Gasteiger partial charge is 0.491 e. The highest BCUT2D eigenvalue weighted by Crippen LogP contribution is 2.37. The molecule has 0 amide bonds. The van der Waals surface area contributed by atoms with E-state index in [2.05, 4.69) is 20.6 Å². The van der Waals surface area contributed by atoms with Gasteiger partial charge in [-0.25, -0.2) is 4.98 Å². The summed E-state index contributed by atoms with van der Waals surface area (Å²) in [4.78, 5) is 7.95. The maximum atomic E-state index is 13.6. The normalized spacial score (nSPS) is 11.9. The lowest BCUT2D eigenvalue weighted by molar-refractivity contribution is -0.137. The Labute approximate surface area is 191 Å². The van der Waals surface area contributed by atoms with Crippen molar-refractivity contribution < 1.29 is 22.6 Å². The molecule has 33 heavy (non-hydrogen) atoms. The maximum absolute atomic E-state index is 13.6. The second kappa shape index (κ2) is 9.56. The number of hydrogen-bond acceptors (Lipinski definition) is 6. The van der Waals surface area contributed by atoms with Gasteiger partial charge in [-0.3, -0.25) is 0 Å². The summed E-state index contributed by atoms with van der Waals surface area (Å²) >= 11 is 0. The van der Waals surface area contributed by atoms with Crippen LogP contribution in [0.5, 0.6) is 11.5 Å². The zero-order valence-electron chi connectivity index (χ0n) is 19.1. The highest BCUT2D eigenvalue weighted by molar-refractivity contribution is 5.67. The first kappa shape index (κ1) is 24.2. The number of nitrogens with zero attached hydrogens (tertiary/aromatic N) is 2. The summed E-state index contributed by atoms with van der Waals surface area (Å²) in [6.45, 7) is 9.40. The van der Waals surface area contributed by atoms with Crippen molar-refractivity contribution in [2.75, 3.05) is 10.6 Å². The second-order valence-corrected chi connectivity index (χ2v) is 8.61. The molecule has 1 aromatic heterocycles. The van der Waals surface area contributed by atoms with Crippen LogP contribution in [0.3, 0.4) is 0 Å². The van der Waals surface area contributed by atoms with Gasteiger partial charge in [-0.05, 0) is 71.0 Å². The van der Waals surface area contributed by atoms with Crippen molar-refractivity contribution >= 4 is 23.1 Å². The minimum absolute atomic E-state index is 0.0113. The lowest BCUT2D eigenvalue weighted by atomic mass is 10.2. The van der Waals surface area contributed by atoms with E-state index in [9.17, 15) is 13.2 Å². The molecule has 176 valence electrons. The molecule has 0 atom stereocenters. The lowest BCUT2D eigenvalue weighted by Crippen LogP contribution is -2.23. The van der Waals surface area contributed by atoms with Crippen molar-refractivity contribution in [1.82, 2.24) is 9.97 Å². The second-order valence-electron chi connectivity index (χ2n) is 8.61. The van der Waals surface area contributed by atoms with Crippen molar-refractivity contribution in [2.45, 2.75) is 52.5 Å². The number of hydrogen-bond donors (Lipinski definition) is 2. The fourth-order valence-electron chi connectivity index (χ4n) is 2.88. The molecular formula is C24H27F3N4O2. The molecule has 0 aliphatic carbocycles. The van der Waals surface area contributed by atoms with Crippen LogP contribution in [0.25, 0.3) is 0 Å². The highest BCUT2D eigenvalue weighted by Gasteiger charge is 2.35. The van der Waals surface area contributed by atoms with Gasteiger partial charge in [0.15, 0.2) is 0 Å². The quantitative estimate of drug-likeness (QED) is 0.398. The third-order valence-corrected chi connectivity index (χ3v) is 4.13. The van der Waals surface area contributed by atoms with Crippen molar-refractivity contribution in [3.8, 4) is 11.5 Å². The summed E-state index contributed by atoms with van der Waals surface area (Å²) in [7, 11) is 0. The molecule has 0 saturated carbocycles. The average molecular weight is 461 g/mol. The van der Waals surface area contributed by atoms with E-state index in [-0.39, 0.29) is 17.9 Å². The van der Waals surface area contributed by atoms with Crippen LogP contribution < -0.4 is 20.1 Å². The third kappa shape index (κ3) is 7.00. The summed E-state index contributed by atoms with van der Waals surface area (Å²) in [5.74, 6) is 0.718. The fraction of sp³-hybridized carbons (Fsp3) is 0.333. The van der Waals surface area contributed by atoms with Crippen LogP contribution in [0.15, 0.2) is 54.7 Å². The van der Waals surface area contributed by atoms with Crippen molar-refractivity contribution in [1.29, 1.82) is 0 Å². The van der Waals surface area contributed by atoms with Gasteiger partial charge in [0.05, 0.1) is 11.8 Å². The first-order valence-electron chi connectivity index (χ1n) is 10.4. The van der Waals surface area contributed by atoms with E-state index in [0.29, 0.717) is 22.9 Å². The topological polar surface area (TPSA) is 68.3 Å². The SMILES string of the molecule is CC(C)Oc1ccc(Nc2ncc(C(F)(F)F)c(Nc3ccccc3OC(C)(C)C)n2)cc1. The molecule has 3 rings (SSSR count). The Morgan fingerprint density at radius 2 is 1.58 bits per heavy atom. The van der Waals surface area contributed by atoms with Crippen molar-refractivity contribution in [3.63, 3.8) is 0 Å². The summed E-state index contributed by atoms with van der Waals surface area (Å²) < 4.78 is 52.4. The molecule has 2 aromatic carbocycles. The number of benzene rings is 2. The predicted molar refractivity (Wildman–Crippen MR) is 123 cm³/mol. The van der Waals surface area contributed by atoms with Crippen molar-refractivity contribution in [2.24, 2.45) is 0 Å². The molecule has 0 aliphatic rings. The van der Waals surface area contributed by atoms with Gasteiger partial charge in [0.25, 0.3) is 0 Å². The van der Waals surface area contributed by atoms with Crippen LogP contribution in [0.4, 0.5) is 36.3 Å². The standard InChI is InChI=1S/C24H27F3N4O2/c1-15(2)32-17-12-10-16(11-13-17)29-22-28-14-18(24(25,26)27)21(31-22)30-19-8-6-7-9-20(19)33-23(3,4)5/h6-15H,1-5H3,(H2,28,29,30,31). The lowest BCUT2D eigenvalue weighted by Gasteiger charge is -2.24. The van der Waals surface area contributed by atoms with Gasteiger partial charge in [-0.2, -0.15) is 18.2 Å². The molecule has 0 bridgehead atoms. The summed E-state index contributed by atoms with van der Waals surface area (Å²) in [6, 6.07) is 13.7. The molecule has 6 nitrogen and oxygen atoms in total. The number of halogens is 3. The Morgan fingerprint density at radius 3 is 2.18 bits per heavy atom. The smallest absolute Gasteiger partial charge is 0.421 e. The highest BCUT2D eigenvalue weighted by atomic mass is 19.4. The Hall–Kier alpha value is -3.49. The van der Waals surface area contributed by atoms with Gasteiger partial charge in [-0.15, -0.1) is 0 Å². The van der Waals surface area contributed by atoms with Crippen LogP contribution in [0.1, 0.15) is 40.2 Å². The van der Waals surface area contributed by atoms with Crippen molar-refractivity contribution in [3.05, 3.63) is 60.3 Å². The minimum Gasteiger partial charge on any atom is -0.491 e. The van der Waals surface area contributed by atoms with Crippen LogP contribution in [-0.4, -0.2) is 21.7 Å². The molecule has 0 aliphatic heterocycles. The average Bonchev–Trinajstić information content (AvgIpc) is 2.69. The van der Waals surface area contributed by atoms with E-state index in [1.807, 2.05) is 34.6 Å². The number of anilines is 4. The monoisotopic (exact) mass is 460 g/mol. The number of para-hydroxylation sites is 2. The van der Waals surface area contributed by atoms with E-state index in [1.54, 1.807) is 48.5 Å². The van der Waals surface area contributed by atoms with Gasteiger partial charge in [0.1, 0.15) is 28.5 Å². The zero-order chi connectivity index (χ0) is 24.2. The molecule has 9 heteroatoms. The zero-order valence-corrected chi connectivity index (χ0v) is 19.1. The van der Waals surface area contributed by atoms with E-state index >= 15 is 0 Å². The van der Waals surface area contributed by atoms with Gasteiger partial charge < -0.3 is 20.1 Å². The Kier molecular flexibility index (Phi) is 7.00. The molecule has 0 unspecified atom stereocenters. The first-order valence-corrected chi connectivity index (χ1v) is 10.4. The molecule has 0 fully saturated rings. The van der Waals surface area contributed by atoms with Gasteiger partial charge >= 0.3 is 6.18 Å². The molecule has 0 saturated heterocycles. The number of nitrogens with one attached hydrogen (secondary N) is 2. The van der Waals surface area contributed by atoms with E-state index < -0.39 is 17.3 Å². The van der Waals surface area contributed by atoms with E-state index in [4.69, 9.17) is 9.47 Å². The van der Waals surface area contributed by atoms with Crippen LogP contribution in [0.2, 0.25) is 0 Å². The Bertz CT molecular complexity index is 1080. The maximum Gasteiger partial charge on any atom is 0.421 e. The fourth-order valence-corrected chi connectivity index (χ4v) is 2.88. The number of ether oxygens (including phenoxy) is 2. The first-order chi connectivity index (χ1) is 15.4. The van der Waals surface area contributed by atoms with E-state index in [0.717, 1.165) is 6.20 Å². The summed E-state index contributed by atoms with van der Waals surface area (Å²) in [5.41, 5.74) is -0.556. The molecular weight excluding hydrogens is 433 g/mol. The third-order valence-electron chi connectivity index (χ3n) is 4.13. The van der Waals surface area contributed by atoms with Gasteiger partial charge in [-0.1, -0.05) is 12.1 Å². The number of alkyl halides is 3.